The monoisotopic (exact) mass is 367 g/mol. The van der Waals surface area contributed by atoms with Crippen molar-refractivity contribution in [2.45, 2.75) is 20.3 Å². The second kappa shape index (κ2) is 7.61. The number of amides is 1. The number of carbonyl (C=O) groups excluding carboxylic acids is 3. The zero-order chi connectivity index (χ0) is 19.6. The van der Waals surface area contributed by atoms with E-state index in [4.69, 9.17) is 4.74 Å². The third-order valence-electron chi connectivity index (χ3n) is 4.61. The molecule has 2 aromatic carbocycles. The van der Waals surface area contributed by atoms with Crippen LogP contribution in [0.15, 0.2) is 42.5 Å². The second-order valence-electron chi connectivity index (χ2n) is 6.63. The average Bonchev–Trinajstić information content (AvgIpc) is 3.05. The number of carbonyl (C=O) groups is 3. The van der Waals surface area contributed by atoms with Crippen LogP contribution in [0, 0.1) is 19.8 Å². The molecular formula is C21H21NO5. The van der Waals surface area contributed by atoms with Crippen LogP contribution in [0.3, 0.4) is 0 Å². The van der Waals surface area contributed by atoms with Crippen molar-refractivity contribution >= 4 is 23.5 Å². The van der Waals surface area contributed by atoms with Crippen molar-refractivity contribution in [2.24, 2.45) is 5.92 Å². The Balaban J connectivity index is 1.69. The molecule has 0 saturated carbocycles. The van der Waals surface area contributed by atoms with E-state index in [0.29, 0.717) is 17.9 Å². The minimum absolute atomic E-state index is 0.0910. The Hall–Kier alpha value is -3.15. The van der Waals surface area contributed by atoms with E-state index in [9.17, 15) is 14.4 Å². The quantitative estimate of drug-likeness (QED) is 0.613. The molecule has 0 radical (unpaired) electrons. The van der Waals surface area contributed by atoms with Crippen LogP contribution in [0.1, 0.15) is 27.9 Å². The maximum atomic E-state index is 12.5. The van der Waals surface area contributed by atoms with Gasteiger partial charge in [0.2, 0.25) is 5.91 Å². The summed E-state index contributed by atoms with van der Waals surface area (Å²) in [5.74, 6) is -1.21. The summed E-state index contributed by atoms with van der Waals surface area (Å²) in [6, 6.07) is 12.0. The van der Waals surface area contributed by atoms with E-state index in [-0.39, 0.29) is 12.3 Å². The molecule has 1 aliphatic heterocycles. The fourth-order valence-corrected chi connectivity index (χ4v) is 3.08. The minimum atomic E-state index is -0.530. The van der Waals surface area contributed by atoms with Gasteiger partial charge in [0.1, 0.15) is 5.75 Å². The SMILES string of the molecule is COC(=O)c1ccc(OC(=O)[C@H]2CC(=O)N(c3cc(C)ccc3C)C2)cc1. The van der Waals surface area contributed by atoms with Gasteiger partial charge in [-0.1, -0.05) is 12.1 Å². The lowest BCUT2D eigenvalue weighted by Gasteiger charge is -2.19. The lowest BCUT2D eigenvalue weighted by molar-refractivity contribution is -0.139. The van der Waals surface area contributed by atoms with Crippen molar-refractivity contribution in [1.29, 1.82) is 0 Å². The van der Waals surface area contributed by atoms with Gasteiger partial charge < -0.3 is 14.4 Å². The van der Waals surface area contributed by atoms with Crippen molar-refractivity contribution in [3.05, 3.63) is 59.2 Å². The van der Waals surface area contributed by atoms with Gasteiger partial charge in [0.05, 0.1) is 18.6 Å². The van der Waals surface area contributed by atoms with Crippen LogP contribution in [0.5, 0.6) is 5.75 Å². The highest BCUT2D eigenvalue weighted by Crippen LogP contribution is 2.29. The largest absolute Gasteiger partial charge is 0.465 e. The van der Waals surface area contributed by atoms with Gasteiger partial charge in [0, 0.05) is 18.7 Å². The zero-order valence-corrected chi connectivity index (χ0v) is 15.5. The summed E-state index contributed by atoms with van der Waals surface area (Å²) in [5.41, 5.74) is 3.24. The molecule has 1 amide bonds. The molecule has 6 heteroatoms. The number of anilines is 1. The van der Waals surface area contributed by atoms with Crippen molar-refractivity contribution in [3.63, 3.8) is 0 Å². The molecule has 0 unspecified atom stereocenters. The molecule has 3 rings (SSSR count). The van der Waals surface area contributed by atoms with Gasteiger partial charge in [-0.2, -0.15) is 0 Å². The van der Waals surface area contributed by atoms with Gasteiger partial charge >= 0.3 is 11.9 Å². The van der Waals surface area contributed by atoms with E-state index in [1.807, 2.05) is 32.0 Å². The Kier molecular flexibility index (Phi) is 5.26. The van der Waals surface area contributed by atoms with Crippen LogP contribution in [-0.2, 0) is 14.3 Å². The Morgan fingerprint density at radius 1 is 1.07 bits per heavy atom. The molecule has 0 aromatic heterocycles. The summed E-state index contributed by atoms with van der Waals surface area (Å²) in [6.45, 7) is 4.20. The number of ether oxygens (including phenoxy) is 2. The molecular weight excluding hydrogens is 346 g/mol. The Labute approximate surface area is 157 Å². The average molecular weight is 367 g/mol. The molecule has 1 saturated heterocycles. The van der Waals surface area contributed by atoms with E-state index in [0.717, 1.165) is 16.8 Å². The highest BCUT2D eigenvalue weighted by Gasteiger charge is 2.37. The maximum Gasteiger partial charge on any atom is 0.337 e. The van der Waals surface area contributed by atoms with E-state index in [1.54, 1.807) is 4.90 Å². The molecule has 0 spiro atoms. The van der Waals surface area contributed by atoms with Crippen LogP contribution in [0.4, 0.5) is 5.69 Å². The Morgan fingerprint density at radius 3 is 2.44 bits per heavy atom. The topological polar surface area (TPSA) is 72.9 Å². The third-order valence-corrected chi connectivity index (χ3v) is 4.61. The fraction of sp³-hybridized carbons (Fsp3) is 0.286. The lowest BCUT2D eigenvalue weighted by Crippen LogP contribution is -2.27. The summed E-state index contributed by atoms with van der Waals surface area (Å²) in [4.78, 5) is 38.0. The summed E-state index contributed by atoms with van der Waals surface area (Å²) < 4.78 is 10.0. The van der Waals surface area contributed by atoms with Crippen molar-refractivity contribution in [1.82, 2.24) is 0 Å². The fourth-order valence-electron chi connectivity index (χ4n) is 3.08. The van der Waals surface area contributed by atoms with Crippen LogP contribution in [0.2, 0.25) is 0 Å². The van der Waals surface area contributed by atoms with E-state index in [2.05, 4.69) is 4.74 Å². The highest BCUT2D eigenvalue weighted by molar-refractivity contribution is 6.00. The number of methoxy groups -OCH3 is 1. The van der Waals surface area contributed by atoms with Crippen LogP contribution in [0.25, 0.3) is 0 Å². The number of esters is 2. The Morgan fingerprint density at radius 2 is 1.78 bits per heavy atom. The van der Waals surface area contributed by atoms with Crippen molar-refractivity contribution in [2.75, 3.05) is 18.6 Å². The maximum absolute atomic E-state index is 12.5. The smallest absolute Gasteiger partial charge is 0.337 e. The van der Waals surface area contributed by atoms with E-state index < -0.39 is 17.9 Å². The summed E-state index contributed by atoms with van der Waals surface area (Å²) >= 11 is 0. The summed E-state index contributed by atoms with van der Waals surface area (Å²) in [6.07, 6.45) is 0.118. The number of aryl methyl sites for hydroxylation is 2. The first-order valence-corrected chi connectivity index (χ1v) is 8.66. The lowest BCUT2D eigenvalue weighted by atomic mass is 10.1. The first-order chi connectivity index (χ1) is 12.9. The van der Waals surface area contributed by atoms with Crippen molar-refractivity contribution < 1.29 is 23.9 Å². The second-order valence-corrected chi connectivity index (χ2v) is 6.63. The summed E-state index contributed by atoms with van der Waals surface area (Å²) in [7, 11) is 1.30. The van der Waals surface area contributed by atoms with Crippen LogP contribution in [-0.4, -0.2) is 31.5 Å². The van der Waals surface area contributed by atoms with Gasteiger partial charge in [-0.15, -0.1) is 0 Å². The number of benzene rings is 2. The van der Waals surface area contributed by atoms with Gasteiger partial charge in [0.25, 0.3) is 0 Å². The molecule has 27 heavy (non-hydrogen) atoms. The normalized spacial score (nSPS) is 16.3. The molecule has 1 heterocycles. The van der Waals surface area contributed by atoms with Crippen LogP contribution < -0.4 is 9.64 Å². The molecule has 1 aliphatic rings. The standard InChI is InChI=1S/C21H21NO5/c1-13-4-5-14(2)18(10-13)22-12-16(11-19(22)23)21(25)27-17-8-6-15(7-9-17)20(24)26-3/h4-10,16H,11-12H2,1-3H3/t16-/m0/s1. The molecule has 0 N–H and O–H groups in total. The molecule has 6 nitrogen and oxygen atoms in total. The van der Waals surface area contributed by atoms with Crippen molar-refractivity contribution in [3.8, 4) is 5.75 Å². The minimum Gasteiger partial charge on any atom is -0.465 e. The zero-order valence-electron chi connectivity index (χ0n) is 15.5. The number of hydrogen-bond donors (Lipinski definition) is 0. The molecule has 1 fully saturated rings. The van der Waals surface area contributed by atoms with E-state index >= 15 is 0 Å². The van der Waals surface area contributed by atoms with E-state index in [1.165, 1.54) is 31.4 Å². The molecule has 1 atom stereocenters. The predicted molar refractivity (Wildman–Crippen MR) is 99.8 cm³/mol. The van der Waals surface area contributed by atoms with Gasteiger partial charge in [-0.3, -0.25) is 9.59 Å². The first-order valence-electron chi connectivity index (χ1n) is 8.66. The Bertz CT molecular complexity index is 888. The van der Waals surface area contributed by atoms with Gasteiger partial charge in [-0.25, -0.2) is 4.79 Å². The first kappa shape index (κ1) is 18.6. The number of hydrogen-bond acceptors (Lipinski definition) is 5. The molecule has 2 aromatic rings. The molecule has 140 valence electrons. The predicted octanol–water partition coefficient (Wildman–Crippen LogP) is 3.05. The molecule has 0 bridgehead atoms. The third kappa shape index (κ3) is 4.00. The van der Waals surface area contributed by atoms with Gasteiger partial charge in [-0.05, 0) is 55.3 Å². The van der Waals surface area contributed by atoms with Gasteiger partial charge in [0.15, 0.2) is 0 Å². The number of nitrogens with zero attached hydrogens (tertiary/aromatic N) is 1. The molecule has 0 aliphatic carbocycles. The van der Waals surface area contributed by atoms with Crippen LogP contribution >= 0.6 is 0 Å². The summed E-state index contributed by atoms with van der Waals surface area (Å²) in [5, 5.41) is 0. The number of rotatable bonds is 4. The highest BCUT2D eigenvalue weighted by atomic mass is 16.5.